The maximum absolute atomic E-state index is 3.55. The van der Waals surface area contributed by atoms with Gasteiger partial charge in [-0.3, -0.25) is 4.90 Å². The highest BCUT2D eigenvalue weighted by atomic mass is 15.1. The topological polar surface area (TPSA) is 15.3 Å². The third-order valence-electron chi connectivity index (χ3n) is 3.42. The van der Waals surface area contributed by atoms with Crippen molar-refractivity contribution in [3.8, 4) is 0 Å². The maximum Gasteiger partial charge on any atom is 0.0233 e. The van der Waals surface area contributed by atoms with Gasteiger partial charge in [0, 0.05) is 18.6 Å². The third kappa shape index (κ3) is 4.43. The van der Waals surface area contributed by atoms with Crippen LogP contribution in [0.5, 0.6) is 0 Å². The van der Waals surface area contributed by atoms with Gasteiger partial charge in [0.15, 0.2) is 0 Å². The molecule has 1 aliphatic rings. The summed E-state index contributed by atoms with van der Waals surface area (Å²) in [6.07, 6.45) is 2.73. The summed E-state index contributed by atoms with van der Waals surface area (Å²) in [5, 5.41) is 3.55. The Morgan fingerprint density at radius 1 is 1.11 bits per heavy atom. The summed E-state index contributed by atoms with van der Waals surface area (Å²) in [5.41, 5.74) is 3.03. The van der Waals surface area contributed by atoms with Crippen molar-refractivity contribution in [1.82, 2.24) is 10.2 Å². The Balaban J connectivity index is 1.92. The standard InChI is InChI=1S/C16H26N2/c1-16(2,3)17-12-14-7-6-8-15(11-14)13-18-9-4-5-10-18/h6-8,11,17H,4-5,9-10,12-13H2,1-3H3. The number of hydrogen-bond donors (Lipinski definition) is 1. The Morgan fingerprint density at radius 3 is 2.44 bits per heavy atom. The molecule has 2 nitrogen and oxygen atoms in total. The minimum absolute atomic E-state index is 0.185. The Hall–Kier alpha value is -0.860. The minimum atomic E-state index is 0.185. The molecule has 1 fully saturated rings. The monoisotopic (exact) mass is 246 g/mol. The van der Waals surface area contributed by atoms with Gasteiger partial charge < -0.3 is 5.32 Å². The molecule has 1 aromatic rings. The zero-order valence-electron chi connectivity index (χ0n) is 12.0. The first-order valence-corrected chi connectivity index (χ1v) is 7.08. The molecule has 0 amide bonds. The van der Waals surface area contributed by atoms with E-state index in [1.807, 2.05) is 0 Å². The summed E-state index contributed by atoms with van der Waals surface area (Å²) in [7, 11) is 0. The summed E-state index contributed by atoms with van der Waals surface area (Å²) in [5.74, 6) is 0. The molecule has 1 aliphatic heterocycles. The summed E-state index contributed by atoms with van der Waals surface area (Å²) in [6, 6.07) is 8.99. The Bertz CT molecular complexity index is 373. The lowest BCUT2D eigenvalue weighted by atomic mass is 10.1. The predicted molar refractivity (Wildman–Crippen MR) is 77.5 cm³/mol. The van der Waals surface area contributed by atoms with Gasteiger partial charge >= 0.3 is 0 Å². The van der Waals surface area contributed by atoms with Crippen LogP contribution in [-0.2, 0) is 13.1 Å². The molecular formula is C16H26N2. The quantitative estimate of drug-likeness (QED) is 0.878. The molecule has 0 radical (unpaired) electrons. The average molecular weight is 246 g/mol. The fraction of sp³-hybridized carbons (Fsp3) is 0.625. The zero-order chi connectivity index (χ0) is 13.0. The van der Waals surface area contributed by atoms with Crippen molar-refractivity contribution in [3.05, 3.63) is 35.4 Å². The second-order valence-corrected chi connectivity index (χ2v) is 6.41. The van der Waals surface area contributed by atoms with E-state index in [0.717, 1.165) is 13.1 Å². The van der Waals surface area contributed by atoms with Crippen molar-refractivity contribution >= 4 is 0 Å². The highest BCUT2D eigenvalue weighted by molar-refractivity contribution is 5.23. The maximum atomic E-state index is 3.55. The van der Waals surface area contributed by atoms with E-state index in [-0.39, 0.29) is 5.54 Å². The molecule has 0 aromatic heterocycles. The number of hydrogen-bond acceptors (Lipinski definition) is 2. The van der Waals surface area contributed by atoms with Crippen LogP contribution in [0.25, 0.3) is 0 Å². The Morgan fingerprint density at radius 2 is 1.78 bits per heavy atom. The van der Waals surface area contributed by atoms with Crippen LogP contribution in [-0.4, -0.2) is 23.5 Å². The van der Waals surface area contributed by atoms with Crippen molar-refractivity contribution in [2.75, 3.05) is 13.1 Å². The zero-order valence-corrected chi connectivity index (χ0v) is 12.0. The van der Waals surface area contributed by atoms with E-state index in [9.17, 15) is 0 Å². The average Bonchev–Trinajstić information content (AvgIpc) is 2.79. The van der Waals surface area contributed by atoms with E-state index in [2.05, 4.69) is 55.3 Å². The first kappa shape index (κ1) is 13.6. The van der Waals surface area contributed by atoms with Crippen LogP contribution in [0.2, 0.25) is 0 Å². The molecular weight excluding hydrogens is 220 g/mol. The number of likely N-dealkylation sites (tertiary alicyclic amines) is 1. The van der Waals surface area contributed by atoms with Gasteiger partial charge in [0.25, 0.3) is 0 Å². The predicted octanol–water partition coefficient (Wildman–Crippen LogP) is 3.17. The van der Waals surface area contributed by atoms with Crippen molar-refractivity contribution in [3.63, 3.8) is 0 Å². The smallest absolute Gasteiger partial charge is 0.0233 e. The van der Waals surface area contributed by atoms with Crippen LogP contribution in [0.3, 0.4) is 0 Å². The Kier molecular flexibility index (Phi) is 4.41. The molecule has 18 heavy (non-hydrogen) atoms. The summed E-state index contributed by atoms with van der Waals surface area (Å²) in [6.45, 7) is 11.2. The van der Waals surface area contributed by atoms with Crippen molar-refractivity contribution in [2.24, 2.45) is 0 Å². The first-order valence-electron chi connectivity index (χ1n) is 7.08. The minimum Gasteiger partial charge on any atom is -0.308 e. The number of nitrogens with zero attached hydrogens (tertiary/aromatic N) is 1. The molecule has 2 rings (SSSR count). The molecule has 1 aromatic carbocycles. The third-order valence-corrected chi connectivity index (χ3v) is 3.42. The van der Waals surface area contributed by atoms with Crippen LogP contribution < -0.4 is 5.32 Å². The normalized spacial score (nSPS) is 17.3. The lowest BCUT2D eigenvalue weighted by Gasteiger charge is -2.21. The molecule has 0 bridgehead atoms. The molecule has 0 unspecified atom stereocenters. The summed E-state index contributed by atoms with van der Waals surface area (Å²) >= 11 is 0. The van der Waals surface area contributed by atoms with E-state index in [4.69, 9.17) is 0 Å². The SMILES string of the molecule is CC(C)(C)NCc1cccc(CN2CCCC2)c1. The van der Waals surface area contributed by atoms with E-state index < -0.39 is 0 Å². The van der Waals surface area contributed by atoms with Crippen molar-refractivity contribution in [1.29, 1.82) is 0 Å². The lowest BCUT2D eigenvalue weighted by molar-refractivity contribution is 0.331. The molecule has 1 saturated heterocycles. The van der Waals surface area contributed by atoms with Crippen LogP contribution in [0, 0.1) is 0 Å². The second-order valence-electron chi connectivity index (χ2n) is 6.41. The highest BCUT2D eigenvalue weighted by Crippen LogP contribution is 2.14. The molecule has 2 heteroatoms. The van der Waals surface area contributed by atoms with Gasteiger partial charge in [-0.2, -0.15) is 0 Å². The van der Waals surface area contributed by atoms with Crippen molar-refractivity contribution in [2.45, 2.75) is 52.2 Å². The molecule has 0 atom stereocenters. The molecule has 1 heterocycles. The van der Waals surface area contributed by atoms with Crippen LogP contribution in [0.4, 0.5) is 0 Å². The molecule has 0 saturated carbocycles. The number of benzene rings is 1. The fourth-order valence-corrected chi connectivity index (χ4v) is 2.40. The van der Waals surface area contributed by atoms with E-state index >= 15 is 0 Å². The number of rotatable bonds is 4. The summed E-state index contributed by atoms with van der Waals surface area (Å²) < 4.78 is 0. The van der Waals surface area contributed by atoms with Gasteiger partial charge in [-0.05, 0) is 57.8 Å². The van der Waals surface area contributed by atoms with Gasteiger partial charge in [0.2, 0.25) is 0 Å². The van der Waals surface area contributed by atoms with Crippen LogP contribution in [0.15, 0.2) is 24.3 Å². The van der Waals surface area contributed by atoms with Gasteiger partial charge in [-0.15, -0.1) is 0 Å². The van der Waals surface area contributed by atoms with Crippen LogP contribution in [0.1, 0.15) is 44.7 Å². The van der Waals surface area contributed by atoms with E-state index in [0.29, 0.717) is 0 Å². The fourth-order valence-electron chi connectivity index (χ4n) is 2.40. The van der Waals surface area contributed by atoms with Gasteiger partial charge in [0.1, 0.15) is 0 Å². The second kappa shape index (κ2) is 5.85. The first-order chi connectivity index (χ1) is 8.53. The largest absolute Gasteiger partial charge is 0.308 e. The summed E-state index contributed by atoms with van der Waals surface area (Å²) in [4.78, 5) is 2.55. The van der Waals surface area contributed by atoms with Gasteiger partial charge in [-0.1, -0.05) is 24.3 Å². The highest BCUT2D eigenvalue weighted by Gasteiger charge is 2.12. The molecule has 0 aliphatic carbocycles. The number of nitrogens with one attached hydrogen (secondary N) is 1. The molecule has 0 spiro atoms. The molecule has 100 valence electrons. The Labute approximate surface area is 111 Å². The van der Waals surface area contributed by atoms with E-state index in [1.165, 1.54) is 37.1 Å². The van der Waals surface area contributed by atoms with E-state index in [1.54, 1.807) is 0 Å². The molecule has 1 N–H and O–H groups in total. The van der Waals surface area contributed by atoms with Gasteiger partial charge in [-0.25, -0.2) is 0 Å². The van der Waals surface area contributed by atoms with Crippen LogP contribution >= 0.6 is 0 Å². The van der Waals surface area contributed by atoms with Crippen molar-refractivity contribution < 1.29 is 0 Å². The van der Waals surface area contributed by atoms with Gasteiger partial charge in [0.05, 0.1) is 0 Å². The lowest BCUT2D eigenvalue weighted by Crippen LogP contribution is -2.35.